The van der Waals surface area contributed by atoms with Gasteiger partial charge in [0, 0.05) is 17.1 Å². The van der Waals surface area contributed by atoms with E-state index in [0.717, 1.165) is 5.56 Å². The molecule has 0 aliphatic heterocycles. The van der Waals surface area contributed by atoms with Crippen molar-refractivity contribution in [3.05, 3.63) is 57.2 Å². The largest absolute Gasteiger partial charge is 0.507 e. The zero-order valence-corrected chi connectivity index (χ0v) is 12.8. The molecule has 0 saturated heterocycles. The van der Waals surface area contributed by atoms with Crippen molar-refractivity contribution >= 4 is 45.8 Å². The Balaban J connectivity index is 2.23. The van der Waals surface area contributed by atoms with Gasteiger partial charge in [0.05, 0.1) is 3.57 Å². The molecule has 0 aliphatic rings. The normalized spacial score (nSPS) is 10.2. The maximum Gasteiger partial charge on any atom is 0.255 e. The maximum atomic E-state index is 12.1. The molecule has 0 radical (unpaired) electrons. The van der Waals surface area contributed by atoms with Gasteiger partial charge in [0.25, 0.3) is 5.91 Å². The molecule has 1 amide bonds. The lowest BCUT2D eigenvalue weighted by atomic mass is 10.1. The first-order chi connectivity index (χ1) is 9.11. The van der Waals surface area contributed by atoms with Crippen LogP contribution in [0.5, 0.6) is 5.75 Å². The average molecular weight is 388 g/mol. The van der Waals surface area contributed by atoms with Gasteiger partial charge in [0.1, 0.15) is 5.75 Å². The van der Waals surface area contributed by atoms with Gasteiger partial charge in [0.15, 0.2) is 0 Å². The summed E-state index contributed by atoms with van der Waals surface area (Å²) >= 11 is 7.82. The Morgan fingerprint density at radius 3 is 2.68 bits per heavy atom. The van der Waals surface area contributed by atoms with E-state index in [2.05, 4.69) is 5.32 Å². The number of phenols is 1. The Labute approximate surface area is 129 Å². The minimum atomic E-state index is -0.274. The van der Waals surface area contributed by atoms with Crippen LogP contribution in [0.1, 0.15) is 15.9 Å². The minimum Gasteiger partial charge on any atom is -0.507 e. The number of hydrogen-bond acceptors (Lipinski definition) is 2. The number of amides is 1. The summed E-state index contributed by atoms with van der Waals surface area (Å²) in [5, 5.41) is 12.4. The maximum absolute atomic E-state index is 12.1. The van der Waals surface area contributed by atoms with Crippen LogP contribution in [0.3, 0.4) is 0 Å². The number of nitrogens with one attached hydrogen (secondary N) is 1. The third-order valence-electron chi connectivity index (χ3n) is 2.62. The summed E-state index contributed by atoms with van der Waals surface area (Å²) in [4.78, 5) is 12.1. The van der Waals surface area contributed by atoms with E-state index < -0.39 is 0 Å². The lowest BCUT2D eigenvalue weighted by molar-refractivity contribution is 0.102. The van der Waals surface area contributed by atoms with Gasteiger partial charge in [-0.1, -0.05) is 18.2 Å². The van der Waals surface area contributed by atoms with Crippen molar-refractivity contribution in [2.75, 3.05) is 5.32 Å². The lowest BCUT2D eigenvalue weighted by Gasteiger charge is -2.09. The third-order valence-corrected chi connectivity index (χ3v) is 3.82. The van der Waals surface area contributed by atoms with Crippen molar-refractivity contribution in [2.24, 2.45) is 0 Å². The third kappa shape index (κ3) is 3.39. The van der Waals surface area contributed by atoms with Gasteiger partial charge >= 0.3 is 0 Å². The van der Waals surface area contributed by atoms with Crippen molar-refractivity contribution in [1.29, 1.82) is 0 Å². The van der Waals surface area contributed by atoms with E-state index in [1.807, 2.05) is 40.8 Å². The first-order valence-electron chi connectivity index (χ1n) is 5.55. The molecule has 3 nitrogen and oxygen atoms in total. The highest BCUT2D eigenvalue weighted by atomic mass is 127. The number of hydrogen-bond donors (Lipinski definition) is 2. The predicted molar refractivity (Wildman–Crippen MR) is 84.8 cm³/mol. The average Bonchev–Trinajstić information content (AvgIpc) is 2.42. The highest BCUT2D eigenvalue weighted by Crippen LogP contribution is 2.22. The van der Waals surface area contributed by atoms with E-state index in [4.69, 9.17) is 11.6 Å². The van der Waals surface area contributed by atoms with Crippen LogP contribution in [0.2, 0.25) is 0 Å². The standard InChI is InChI=1S/C14H11ClINO2/c15-8-10-3-1-2-4-12(10)17-14(19)9-5-6-11(16)13(18)7-9/h1-7,18H,8H2,(H,17,19). The van der Waals surface area contributed by atoms with Crippen LogP contribution >= 0.6 is 34.2 Å². The summed E-state index contributed by atoms with van der Waals surface area (Å²) in [6.07, 6.45) is 0. The van der Waals surface area contributed by atoms with E-state index in [1.54, 1.807) is 18.2 Å². The molecule has 0 aromatic heterocycles. The second kappa shape index (κ2) is 6.25. The molecule has 2 aromatic rings. The lowest BCUT2D eigenvalue weighted by Crippen LogP contribution is -2.13. The number of carbonyl (C=O) groups is 1. The Morgan fingerprint density at radius 2 is 2.00 bits per heavy atom. The van der Waals surface area contributed by atoms with Gasteiger partial charge < -0.3 is 10.4 Å². The molecule has 0 saturated carbocycles. The molecule has 2 rings (SSSR count). The van der Waals surface area contributed by atoms with E-state index >= 15 is 0 Å². The predicted octanol–water partition coefficient (Wildman–Crippen LogP) is 3.99. The Bertz CT molecular complexity index is 616. The van der Waals surface area contributed by atoms with Gasteiger partial charge in [-0.15, -0.1) is 11.6 Å². The molecule has 0 fully saturated rings. The monoisotopic (exact) mass is 387 g/mol. The van der Waals surface area contributed by atoms with Crippen LogP contribution in [0.15, 0.2) is 42.5 Å². The second-order valence-electron chi connectivity index (χ2n) is 3.91. The molecule has 0 unspecified atom stereocenters. The van der Waals surface area contributed by atoms with Crippen LogP contribution in [-0.4, -0.2) is 11.0 Å². The fraction of sp³-hybridized carbons (Fsp3) is 0.0714. The number of halogens is 2. The van der Waals surface area contributed by atoms with Crippen molar-refractivity contribution in [3.63, 3.8) is 0 Å². The fourth-order valence-electron chi connectivity index (χ4n) is 1.61. The SMILES string of the molecule is O=C(Nc1ccccc1CCl)c1ccc(I)c(O)c1. The smallest absolute Gasteiger partial charge is 0.255 e. The van der Waals surface area contributed by atoms with Crippen LogP contribution in [0.4, 0.5) is 5.69 Å². The van der Waals surface area contributed by atoms with Gasteiger partial charge in [-0.25, -0.2) is 0 Å². The summed E-state index contributed by atoms with van der Waals surface area (Å²) in [7, 11) is 0. The molecule has 0 aliphatic carbocycles. The molecule has 0 bridgehead atoms. The van der Waals surface area contributed by atoms with Gasteiger partial charge in [-0.3, -0.25) is 4.79 Å². The molecule has 2 aromatic carbocycles. The molecule has 0 spiro atoms. The van der Waals surface area contributed by atoms with E-state index in [1.165, 1.54) is 6.07 Å². The Hall–Kier alpha value is -1.27. The number of para-hydroxylation sites is 1. The fourth-order valence-corrected chi connectivity index (χ4v) is 2.18. The van der Waals surface area contributed by atoms with Crippen molar-refractivity contribution in [3.8, 4) is 5.75 Å². The summed E-state index contributed by atoms with van der Waals surface area (Å²) in [6, 6.07) is 12.1. The number of rotatable bonds is 3. The number of alkyl halides is 1. The first-order valence-corrected chi connectivity index (χ1v) is 7.17. The van der Waals surface area contributed by atoms with Crippen LogP contribution < -0.4 is 5.32 Å². The zero-order chi connectivity index (χ0) is 13.8. The van der Waals surface area contributed by atoms with Crippen molar-refractivity contribution in [2.45, 2.75) is 5.88 Å². The number of benzene rings is 2. The Morgan fingerprint density at radius 1 is 1.26 bits per heavy atom. The molecule has 0 heterocycles. The summed E-state index contributed by atoms with van der Waals surface area (Å²) in [5.74, 6) is 0.150. The van der Waals surface area contributed by atoms with Crippen molar-refractivity contribution in [1.82, 2.24) is 0 Å². The quantitative estimate of drug-likeness (QED) is 0.618. The second-order valence-corrected chi connectivity index (χ2v) is 5.34. The van der Waals surface area contributed by atoms with Gasteiger partial charge in [-0.05, 0) is 52.4 Å². The van der Waals surface area contributed by atoms with Gasteiger partial charge in [-0.2, -0.15) is 0 Å². The van der Waals surface area contributed by atoms with Crippen LogP contribution in [-0.2, 0) is 5.88 Å². The minimum absolute atomic E-state index is 0.0962. The van der Waals surface area contributed by atoms with Crippen LogP contribution in [0.25, 0.3) is 0 Å². The number of aromatic hydroxyl groups is 1. The van der Waals surface area contributed by atoms with Gasteiger partial charge in [0.2, 0.25) is 0 Å². The highest BCUT2D eigenvalue weighted by molar-refractivity contribution is 14.1. The first kappa shape index (κ1) is 14.1. The van der Waals surface area contributed by atoms with E-state index in [0.29, 0.717) is 20.7 Å². The number of carbonyl (C=O) groups excluding carboxylic acids is 1. The summed E-state index contributed by atoms with van der Waals surface area (Å²) in [6.45, 7) is 0. The molecule has 98 valence electrons. The molecular formula is C14H11ClINO2. The van der Waals surface area contributed by atoms with E-state index in [-0.39, 0.29) is 11.7 Å². The molecule has 2 N–H and O–H groups in total. The zero-order valence-electron chi connectivity index (χ0n) is 9.86. The summed E-state index contributed by atoms with van der Waals surface area (Å²) in [5.41, 5.74) is 1.94. The molecular weight excluding hydrogens is 377 g/mol. The van der Waals surface area contributed by atoms with E-state index in [9.17, 15) is 9.90 Å². The highest BCUT2D eigenvalue weighted by Gasteiger charge is 2.10. The molecule has 5 heteroatoms. The number of phenolic OH excluding ortho intramolecular Hbond substituents is 1. The number of anilines is 1. The van der Waals surface area contributed by atoms with Crippen molar-refractivity contribution < 1.29 is 9.90 Å². The Kier molecular flexibility index (Phi) is 4.66. The topological polar surface area (TPSA) is 49.3 Å². The molecule has 19 heavy (non-hydrogen) atoms. The van der Waals surface area contributed by atoms with Crippen LogP contribution in [0, 0.1) is 3.57 Å². The summed E-state index contributed by atoms with van der Waals surface area (Å²) < 4.78 is 0.704. The molecule has 0 atom stereocenters.